The fourth-order valence-corrected chi connectivity index (χ4v) is 1.44. The molecule has 0 saturated carbocycles. The van der Waals surface area contributed by atoms with E-state index in [1.54, 1.807) is 22.5 Å². The molecule has 3 N–H and O–H groups in total. The van der Waals surface area contributed by atoms with E-state index in [1.807, 2.05) is 0 Å². The first-order valence-electron chi connectivity index (χ1n) is 4.22. The predicted octanol–water partition coefficient (Wildman–Crippen LogP) is 0.280. The van der Waals surface area contributed by atoms with E-state index in [-0.39, 0.29) is 0 Å². The second kappa shape index (κ2) is 10.8. The molecule has 0 aliphatic heterocycles. The molecule has 0 rings (SSSR count). The SMILES string of the molecule is CCC[CH2][Sn].O=C(O)CC(O)C(=O)O. The van der Waals surface area contributed by atoms with Crippen LogP contribution in [0.4, 0.5) is 0 Å². The normalized spacial score (nSPS) is 11.1. The van der Waals surface area contributed by atoms with Crippen LogP contribution in [0.3, 0.4) is 0 Å². The maximum Gasteiger partial charge on any atom is 0.333 e. The number of unbranched alkanes of at least 4 members (excludes halogenated alkanes) is 1. The van der Waals surface area contributed by atoms with E-state index >= 15 is 0 Å². The topological polar surface area (TPSA) is 94.8 Å². The Morgan fingerprint density at radius 1 is 1.36 bits per heavy atom. The Morgan fingerprint density at radius 3 is 1.93 bits per heavy atom. The van der Waals surface area contributed by atoms with Gasteiger partial charge in [0.2, 0.25) is 0 Å². The van der Waals surface area contributed by atoms with Crippen LogP contribution in [-0.4, -0.2) is 55.9 Å². The van der Waals surface area contributed by atoms with E-state index < -0.39 is 24.5 Å². The summed E-state index contributed by atoms with van der Waals surface area (Å²) in [6.07, 6.45) is 0.251. The standard InChI is InChI=1S/C4H6O5.C4H9.Sn/c5-2(4(8)9)1-3(6)7;1-3-4-2;/h2,5H,1H2,(H,6,7)(H,8,9);1,3-4H2,2H3;. The first-order valence-corrected chi connectivity index (χ1v) is 6.24. The van der Waals surface area contributed by atoms with Gasteiger partial charge in [-0.2, -0.15) is 0 Å². The zero-order chi connectivity index (χ0) is 11.6. The van der Waals surface area contributed by atoms with Crippen LogP contribution in [0.15, 0.2) is 0 Å². The van der Waals surface area contributed by atoms with Crippen molar-refractivity contribution in [3.63, 3.8) is 0 Å². The van der Waals surface area contributed by atoms with Crippen LogP contribution in [0, 0.1) is 0 Å². The Labute approximate surface area is 96.2 Å². The van der Waals surface area contributed by atoms with Crippen molar-refractivity contribution < 1.29 is 24.9 Å². The molecule has 1 atom stereocenters. The van der Waals surface area contributed by atoms with Crippen LogP contribution < -0.4 is 0 Å². The third-order valence-electron chi connectivity index (χ3n) is 1.18. The van der Waals surface area contributed by atoms with Gasteiger partial charge in [0.15, 0.2) is 6.10 Å². The van der Waals surface area contributed by atoms with Crippen molar-refractivity contribution in [3.8, 4) is 0 Å². The molecule has 1 unspecified atom stereocenters. The van der Waals surface area contributed by atoms with E-state index in [0.717, 1.165) is 0 Å². The zero-order valence-electron chi connectivity index (χ0n) is 8.06. The van der Waals surface area contributed by atoms with Gasteiger partial charge in [-0.25, -0.2) is 4.79 Å². The quantitative estimate of drug-likeness (QED) is 0.634. The zero-order valence-corrected chi connectivity index (χ0v) is 10.9. The minimum atomic E-state index is -1.79. The van der Waals surface area contributed by atoms with Crippen molar-refractivity contribution >= 4 is 34.5 Å². The van der Waals surface area contributed by atoms with Gasteiger partial charge in [-0.15, -0.1) is 0 Å². The molecule has 0 heterocycles. The van der Waals surface area contributed by atoms with Crippen LogP contribution in [0.25, 0.3) is 0 Å². The summed E-state index contributed by atoms with van der Waals surface area (Å²) < 4.78 is 1.43. The molecule has 0 aromatic carbocycles. The Hall–Kier alpha value is -0.301. The third kappa shape index (κ3) is 14.2. The Kier molecular flexibility index (Phi) is 12.4. The Morgan fingerprint density at radius 2 is 1.86 bits per heavy atom. The first-order chi connectivity index (χ1) is 6.45. The largest absolute Gasteiger partial charge is 0.481 e. The fraction of sp³-hybridized carbons (Fsp3) is 0.750. The van der Waals surface area contributed by atoms with Gasteiger partial charge in [-0.3, -0.25) is 4.79 Å². The maximum atomic E-state index is 9.72. The molecule has 6 heteroatoms. The summed E-state index contributed by atoms with van der Waals surface area (Å²) in [5, 5.41) is 24.1. The predicted molar refractivity (Wildman–Crippen MR) is 51.4 cm³/mol. The minimum Gasteiger partial charge on any atom is -0.481 e. The van der Waals surface area contributed by atoms with Gasteiger partial charge in [0.05, 0.1) is 6.42 Å². The minimum absolute atomic E-state index is 0.755. The molecule has 0 aliphatic rings. The van der Waals surface area contributed by atoms with E-state index in [4.69, 9.17) is 15.3 Å². The summed E-state index contributed by atoms with van der Waals surface area (Å²) in [5.74, 6) is -2.85. The second-order valence-electron chi connectivity index (χ2n) is 2.56. The summed E-state index contributed by atoms with van der Waals surface area (Å²) in [5.41, 5.74) is 0. The molecule has 14 heavy (non-hydrogen) atoms. The molecule has 0 bridgehead atoms. The van der Waals surface area contributed by atoms with Gasteiger partial charge in [-0.05, 0) is 0 Å². The van der Waals surface area contributed by atoms with Gasteiger partial charge in [0, 0.05) is 0 Å². The number of aliphatic carboxylic acids is 2. The van der Waals surface area contributed by atoms with Crippen LogP contribution in [-0.2, 0) is 9.59 Å². The summed E-state index contributed by atoms with van der Waals surface area (Å²) in [6.45, 7) is 2.23. The fourth-order valence-electron chi connectivity index (χ4n) is 0.429. The average Bonchev–Trinajstić information content (AvgIpc) is 2.05. The molecule has 0 saturated heterocycles. The molecule has 81 valence electrons. The third-order valence-corrected chi connectivity index (χ3v) is 2.19. The van der Waals surface area contributed by atoms with Crippen molar-refractivity contribution in [1.29, 1.82) is 0 Å². The first kappa shape index (κ1) is 16.1. The molecular formula is C8H15O5Sn. The van der Waals surface area contributed by atoms with Gasteiger partial charge in [0.1, 0.15) is 0 Å². The number of rotatable bonds is 5. The molecule has 0 aliphatic carbocycles. The number of carboxylic acid groups (broad SMARTS) is 2. The van der Waals surface area contributed by atoms with E-state index in [1.165, 1.54) is 17.3 Å². The van der Waals surface area contributed by atoms with Gasteiger partial charge >= 0.3 is 58.7 Å². The van der Waals surface area contributed by atoms with Crippen molar-refractivity contribution in [2.45, 2.75) is 36.7 Å². The Bertz CT molecular complexity index is 169. The molecule has 0 amide bonds. The van der Waals surface area contributed by atoms with E-state index in [2.05, 4.69) is 6.92 Å². The molecule has 0 aromatic rings. The number of carbonyl (C=O) groups is 2. The summed E-state index contributed by atoms with van der Waals surface area (Å²) in [6, 6.07) is 0. The van der Waals surface area contributed by atoms with E-state index in [0.29, 0.717) is 0 Å². The van der Waals surface area contributed by atoms with Crippen LogP contribution in [0.5, 0.6) is 0 Å². The smallest absolute Gasteiger partial charge is 0.333 e. The van der Waals surface area contributed by atoms with Crippen LogP contribution >= 0.6 is 0 Å². The second-order valence-corrected chi connectivity index (χ2v) is 3.98. The van der Waals surface area contributed by atoms with Crippen molar-refractivity contribution in [2.24, 2.45) is 0 Å². The molecule has 0 spiro atoms. The number of aliphatic hydroxyl groups excluding tert-OH is 1. The monoisotopic (exact) mass is 311 g/mol. The summed E-state index contributed by atoms with van der Waals surface area (Å²) >= 11 is 1.68. The molecule has 0 aromatic heterocycles. The van der Waals surface area contributed by atoms with Crippen molar-refractivity contribution in [1.82, 2.24) is 0 Å². The molecule has 3 radical (unpaired) electrons. The van der Waals surface area contributed by atoms with E-state index in [9.17, 15) is 9.59 Å². The number of hydrogen-bond acceptors (Lipinski definition) is 3. The van der Waals surface area contributed by atoms with Gasteiger partial charge in [-0.1, -0.05) is 0 Å². The van der Waals surface area contributed by atoms with Crippen LogP contribution in [0.1, 0.15) is 26.2 Å². The molecule has 0 fully saturated rings. The van der Waals surface area contributed by atoms with Crippen LogP contribution in [0.2, 0.25) is 4.44 Å². The van der Waals surface area contributed by atoms with Crippen molar-refractivity contribution in [2.75, 3.05) is 0 Å². The molecular weight excluding hydrogens is 295 g/mol. The Balaban J connectivity index is 0. The maximum absolute atomic E-state index is 9.72. The summed E-state index contributed by atoms with van der Waals surface area (Å²) in [4.78, 5) is 19.4. The van der Waals surface area contributed by atoms with Gasteiger partial charge in [0.25, 0.3) is 0 Å². The number of hydrogen-bond donors (Lipinski definition) is 3. The van der Waals surface area contributed by atoms with Gasteiger partial charge < -0.3 is 15.3 Å². The summed E-state index contributed by atoms with van der Waals surface area (Å²) in [7, 11) is 0. The number of carboxylic acids is 2. The average molecular weight is 310 g/mol. The molecule has 5 nitrogen and oxygen atoms in total. The number of aliphatic hydroxyl groups is 1. The van der Waals surface area contributed by atoms with Crippen molar-refractivity contribution in [3.05, 3.63) is 0 Å².